The average molecular weight is 274 g/mol. The van der Waals surface area contributed by atoms with Crippen LogP contribution in [-0.2, 0) is 13.1 Å². The molecule has 2 N–H and O–H groups in total. The summed E-state index contributed by atoms with van der Waals surface area (Å²) in [5, 5.41) is 9.36. The predicted octanol–water partition coefficient (Wildman–Crippen LogP) is 2.38. The highest BCUT2D eigenvalue weighted by molar-refractivity contribution is 8.00. The fourth-order valence-electron chi connectivity index (χ4n) is 1.49. The van der Waals surface area contributed by atoms with E-state index in [0.717, 1.165) is 29.7 Å². The molecule has 0 amide bonds. The molecule has 0 aliphatic rings. The molecule has 0 aromatic carbocycles. The van der Waals surface area contributed by atoms with Crippen molar-refractivity contribution in [2.45, 2.75) is 44.9 Å². The molecule has 0 spiro atoms. The van der Waals surface area contributed by atoms with Gasteiger partial charge in [0.15, 0.2) is 5.16 Å². The summed E-state index contributed by atoms with van der Waals surface area (Å²) in [6, 6.07) is 0. The van der Waals surface area contributed by atoms with Gasteiger partial charge in [-0.15, -0.1) is 10.2 Å². The molecule has 1 aromatic heterocycles. The average Bonchev–Trinajstić information content (AvgIpc) is 2.72. The molecule has 6 heteroatoms. The van der Waals surface area contributed by atoms with Crippen LogP contribution in [0.3, 0.4) is 0 Å². The number of thioether (sulfide) groups is 2. The van der Waals surface area contributed by atoms with Gasteiger partial charge in [0.2, 0.25) is 0 Å². The number of rotatable bonds is 9. The van der Waals surface area contributed by atoms with Crippen molar-refractivity contribution < 1.29 is 0 Å². The summed E-state index contributed by atoms with van der Waals surface area (Å²) in [5.74, 6) is 4.44. The van der Waals surface area contributed by atoms with Gasteiger partial charge in [-0.2, -0.15) is 11.8 Å². The maximum atomic E-state index is 5.65. The van der Waals surface area contributed by atoms with E-state index >= 15 is 0 Å². The first-order valence-corrected chi connectivity index (χ1v) is 8.30. The van der Waals surface area contributed by atoms with Crippen LogP contribution in [0, 0.1) is 0 Å². The third-order valence-electron chi connectivity index (χ3n) is 2.29. The van der Waals surface area contributed by atoms with Crippen LogP contribution >= 0.6 is 23.5 Å². The normalized spacial score (nSPS) is 11.0. The van der Waals surface area contributed by atoms with Crippen molar-refractivity contribution in [2.24, 2.45) is 5.73 Å². The van der Waals surface area contributed by atoms with Crippen LogP contribution < -0.4 is 5.73 Å². The molecule has 4 nitrogen and oxygen atoms in total. The van der Waals surface area contributed by atoms with Crippen molar-refractivity contribution in [3.8, 4) is 0 Å². The van der Waals surface area contributed by atoms with Crippen LogP contribution in [0.2, 0.25) is 0 Å². The van der Waals surface area contributed by atoms with Crippen LogP contribution in [0.15, 0.2) is 5.16 Å². The lowest BCUT2D eigenvalue weighted by atomic mass is 10.4. The Morgan fingerprint density at radius 1 is 1.24 bits per heavy atom. The maximum absolute atomic E-state index is 5.65. The quantitative estimate of drug-likeness (QED) is 0.553. The van der Waals surface area contributed by atoms with E-state index in [-0.39, 0.29) is 0 Å². The van der Waals surface area contributed by atoms with Gasteiger partial charge >= 0.3 is 0 Å². The molecule has 0 saturated carbocycles. The van der Waals surface area contributed by atoms with Crippen molar-refractivity contribution in [3.63, 3.8) is 0 Å². The summed E-state index contributed by atoms with van der Waals surface area (Å²) < 4.78 is 2.15. The van der Waals surface area contributed by atoms with Gasteiger partial charge < -0.3 is 10.3 Å². The van der Waals surface area contributed by atoms with E-state index in [4.69, 9.17) is 5.73 Å². The molecule has 0 aliphatic carbocycles. The number of nitrogens with zero attached hydrogens (tertiary/aromatic N) is 3. The Hall–Kier alpha value is -0.200. The minimum Gasteiger partial charge on any atom is -0.324 e. The molecule has 0 fully saturated rings. The number of hydrogen-bond donors (Lipinski definition) is 1. The summed E-state index contributed by atoms with van der Waals surface area (Å²) in [6.45, 7) is 5.79. The van der Waals surface area contributed by atoms with Crippen LogP contribution in [0.4, 0.5) is 0 Å². The molecule has 0 unspecified atom stereocenters. The molecule has 0 atom stereocenters. The molecule has 0 radical (unpaired) electrons. The smallest absolute Gasteiger partial charge is 0.191 e. The zero-order valence-corrected chi connectivity index (χ0v) is 12.3. The molecule has 0 saturated heterocycles. The van der Waals surface area contributed by atoms with E-state index in [1.165, 1.54) is 17.9 Å². The van der Waals surface area contributed by atoms with Gasteiger partial charge in [-0.3, -0.25) is 0 Å². The standard InChI is InChI=1S/C11H22N4S2/c1-3-6-15-10(9-12)13-14-11(15)17-8-5-7-16-4-2/h3-9,12H2,1-2H3. The van der Waals surface area contributed by atoms with E-state index in [1.54, 1.807) is 11.8 Å². The maximum Gasteiger partial charge on any atom is 0.191 e. The lowest BCUT2D eigenvalue weighted by Crippen LogP contribution is -2.09. The van der Waals surface area contributed by atoms with E-state index in [2.05, 4.69) is 28.6 Å². The second kappa shape index (κ2) is 8.83. The largest absolute Gasteiger partial charge is 0.324 e. The van der Waals surface area contributed by atoms with Gasteiger partial charge in [0.25, 0.3) is 0 Å². The molecule has 1 heterocycles. The lowest BCUT2D eigenvalue weighted by Gasteiger charge is -2.07. The molecule has 1 rings (SSSR count). The monoisotopic (exact) mass is 274 g/mol. The van der Waals surface area contributed by atoms with Crippen molar-refractivity contribution >= 4 is 23.5 Å². The third-order valence-corrected chi connectivity index (χ3v) is 4.33. The minimum atomic E-state index is 0.471. The first-order valence-electron chi connectivity index (χ1n) is 6.16. The Morgan fingerprint density at radius 3 is 2.71 bits per heavy atom. The van der Waals surface area contributed by atoms with Crippen LogP contribution in [-0.4, -0.2) is 32.0 Å². The van der Waals surface area contributed by atoms with E-state index in [9.17, 15) is 0 Å². The Bertz CT molecular complexity index is 314. The van der Waals surface area contributed by atoms with Gasteiger partial charge in [-0.25, -0.2) is 0 Å². The van der Waals surface area contributed by atoms with Crippen LogP contribution in [0.5, 0.6) is 0 Å². The summed E-state index contributed by atoms with van der Waals surface area (Å²) in [4.78, 5) is 0. The van der Waals surface area contributed by atoms with E-state index in [0.29, 0.717) is 6.54 Å². The topological polar surface area (TPSA) is 56.7 Å². The highest BCUT2D eigenvalue weighted by Crippen LogP contribution is 2.19. The molecule has 1 aromatic rings. The molecule has 98 valence electrons. The van der Waals surface area contributed by atoms with Gasteiger partial charge in [-0.05, 0) is 24.3 Å². The van der Waals surface area contributed by atoms with Crippen molar-refractivity contribution in [1.82, 2.24) is 14.8 Å². The van der Waals surface area contributed by atoms with Crippen LogP contribution in [0.1, 0.15) is 32.5 Å². The fraction of sp³-hybridized carbons (Fsp3) is 0.818. The second-order valence-electron chi connectivity index (χ2n) is 3.65. The summed E-state index contributed by atoms with van der Waals surface area (Å²) >= 11 is 3.79. The fourth-order valence-corrected chi connectivity index (χ4v) is 3.24. The highest BCUT2D eigenvalue weighted by Gasteiger charge is 2.09. The molecule has 0 aliphatic heterocycles. The highest BCUT2D eigenvalue weighted by atomic mass is 32.2. The Balaban J connectivity index is 2.43. The van der Waals surface area contributed by atoms with Gasteiger partial charge in [0.05, 0.1) is 6.54 Å². The summed E-state index contributed by atoms with van der Waals surface area (Å²) in [5.41, 5.74) is 5.65. The number of aromatic nitrogens is 3. The molecular weight excluding hydrogens is 252 g/mol. The summed E-state index contributed by atoms with van der Waals surface area (Å²) in [7, 11) is 0. The van der Waals surface area contributed by atoms with E-state index < -0.39 is 0 Å². The minimum absolute atomic E-state index is 0.471. The van der Waals surface area contributed by atoms with Crippen molar-refractivity contribution in [1.29, 1.82) is 0 Å². The van der Waals surface area contributed by atoms with Gasteiger partial charge in [0, 0.05) is 12.3 Å². The van der Waals surface area contributed by atoms with Gasteiger partial charge in [-0.1, -0.05) is 25.6 Å². The van der Waals surface area contributed by atoms with Crippen molar-refractivity contribution in [3.05, 3.63) is 5.82 Å². The molecular formula is C11H22N4S2. The Kier molecular flexibility index (Phi) is 7.72. The Morgan fingerprint density at radius 2 is 2.06 bits per heavy atom. The zero-order chi connectivity index (χ0) is 12.5. The Labute approximate surface area is 112 Å². The van der Waals surface area contributed by atoms with Crippen molar-refractivity contribution in [2.75, 3.05) is 17.3 Å². The molecule has 0 bridgehead atoms. The molecule has 17 heavy (non-hydrogen) atoms. The first-order chi connectivity index (χ1) is 8.33. The first kappa shape index (κ1) is 14.9. The van der Waals surface area contributed by atoms with E-state index in [1.807, 2.05) is 11.8 Å². The van der Waals surface area contributed by atoms with Gasteiger partial charge in [0.1, 0.15) is 5.82 Å². The summed E-state index contributed by atoms with van der Waals surface area (Å²) in [6.07, 6.45) is 2.31. The number of nitrogens with two attached hydrogens (primary N) is 1. The third kappa shape index (κ3) is 4.89. The number of hydrogen-bond acceptors (Lipinski definition) is 5. The lowest BCUT2D eigenvalue weighted by molar-refractivity contribution is 0.592. The second-order valence-corrected chi connectivity index (χ2v) is 6.11. The predicted molar refractivity (Wildman–Crippen MR) is 76.5 cm³/mol. The zero-order valence-electron chi connectivity index (χ0n) is 10.7. The SMILES string of the molecule is CCCn1c(CN)nnc1SCCCSCC. The van der Waals surface area contributed by atoms with Crippen LogP contribution in [0.25, 0.3) is 0 Å².